The van der Waals surface area contributed by atoms with Crippen LogP contribution in [0.5, 0.6) is 0 Å². The molecular weight excluding hydrogens is 361 g/mol. The van der Waals surface area contributed by atoms with Crippen LogP contribution in [0.2, 0.25) is 0 Å². The summed E-state index contributed by atoms with van der Waals surface area (Å²) in [6.07, 6.45) is 0. The molecule has 2 rings (SSSR count). The first-order chi connectivity index (χ1) is 9.77. The van der Waals surface area contributed by atoms with E-state index in [1.807, 2.05) is 13.0 Å². The van der Waals surface area contributed by atoms with Crippen molar-refractivity contribution in [2.75, 3.05) is 5.32 Å². The van der Waals surface area contributed by atoms with Crippen LogP contribution in [0.1, 0.15) is 15.9 Å². The molecule has 0 unspecified atom stereocenters. The van der Waals surface area contributed by atoms with Gasteiger partial charge in [0.1, 0.15) is 4.90 Å². The number of amides is 1. The Morgan fingerprint density at radius 2 is 1.86 bits per heavy atom. The van der Waals surface area contributed by atoms with Crippen molar-refractivity contribution in [3.05, 3.63) is 58.1 Å². The zero-order valence-electron chi connectivity index (χ0n) is 10.9. The second-order valence-corrected chi connectivity index (χ2v) is 6.64. The molecule has 4 nitrogen and oxygen atoms in total. The van der Waals surface area contributed by atoms with Gasteiger partial charge in [0.2, 0.25) is 0 Å². The van der Waals surface area contributed by atoms with E-state index < -0.39 is 21.0 Å². The van der Waals surface area contributed by atoms with Gasteiger partial charge in [-0.3, -0.25) is 4.79 Å². The Kier molecular flexibility index (Phi) is 4.43. The molecule has 0 aliphatic heterocycles. The summed E-state index contributed by atoms with van der Waals surface area (Å²) in [5.74, 6) is -0.518. The summed E-state index contributed by atoms with van der Waals surface area (Å²) in [5.41, 5.74) is 1.11. The van der Waals surface area contributed by atoms with E-state index >= 15 is 0 Å². The van der Waals surface area contributed by atoms with E-state index in [4.69, 9.17) is 0 Å². The average molecular weight is 372 g/mol. The number of nitrogens with one attached hydrogen (secondary N) is 1. The van der Waals surface area contributed by atoms with Gasteiger partial charge in [-0.15, -0.1) is 3.89 Å². The summed E-state index contributed by atoms with van der Waals surface area (Å²) < 4.78 is 36.0. The molecule has 110 valence electrons. The lowest BCUT2D eigenvalue weighted by atomic mass is 10.1. The highest BCUT2D eigenvalue weighted by Gasteiger charge is 2.18. The van der Waals surface area contributed by atoms with Crippen LogP contribution >= 0.6 is 15.9 Å². The lowest BCUT2D eigenvalue weighted by Gasteiger charge is -2.09. The lowest BCUT2D eigenvalue weighted by Crippen LogP contribution is -2.14. The van der Waals surface area contributed by atoms with E-state index in [2.05, 4.69) is 21.2 Å². The molecule has 0 bridgehead atoms. The third-order valence-corrected chi connectivity index (χ3v) is 4.04. The van der Waals surface area contributed by atoms with Crippen molar-refractivity contribution in [3.63, 3.8) is 0 Å². The molecule has 0 saturated heterocycles. The molecule has 1 amide bonds. The monoisotopic (exact) mass is 371 g/mol. The molecule has 0 radical (unpaired) electrons. The maximum atomic E-state index is 13.2. The summed E-state index contributed by atoms with van der Waals surface area (Å²) in [6, 6.07) is 10.4. The molecule has 2 aromatic carbocycles. The first kappa shape index (κ1) is 15.7. The summed E-state index contributed by atoms with van der Waals surface area (Å²) in [7, 11) is -4.90. The van der Waals surface area contributed by atoms with Crippen molar-refractivity contribution in [2.45, 2.75) is 11.8 Å². The van der Waals surface area contributed by atoms with Crippen LogP contribution in [0, 0.1) is 6.92 Å². The molecule has 1 N–H and O–H groups in total. The Balaban J connectivity index is 2.37. The molecule has 0 fully saturated rings. The van der Waals surface area contributed by atoms with Crippen molar-refractivity contribution in [2.24, 2.45) is 0 Å². The van der Waals surface area contributed by atoms with Gasteiger partial charge >= 0.3 is 10.2 Å². The minimum Gasteiger partial charge on any atom is -0.321 e. The van der Waals surface area contributed by atoms with E-state index in [1.54, 1.807) is 12.1 Å². The highest BCUT2D eigenvalue weighted by atomic mass is 79.9. The van der Waals surface area contributed by atoms with E-state index in [0.29, 0.717) is 5.56 Å². The van der Waals surface area contributed by atoms with Crippen LogP contribution < -0.4 is 5.32 Å². The molecule has 0 aliphatic carbocycles. The minimum absolute atomic E-state index is 0.0948. The molecule has 0 saturated carbocycles. The number of carbonyl (C=O) groups is 1. The molecule has 0 aliphatic rings. The van der Waals surface area contributed by atoms with Gasteiger partial charge in [0.05, 0.1) is 5.69 Å². The second-order valence-electron chi connectivity index (χ2n) is 4.41. The number of hydrogen-bond acceptors (Lipinski definition) is 3. The standard InChI is InChI=1S/C14H11BrFNO3S/c1-9-6-10(8-11(15)7-9)14(18)17-12-4-2-3-5-13(12)21(16,19)20/h2-8H,1H3,(H,17,18). The highest BCUT2D eigenvalue weighted by molar-refractivity contribution is 9.10. The molecule has 0 atom stereocenters. The SMILES string of the molecule is Cc1cc(Br)cc(C(=O)Nc2ccccc2S(=O)(=O)F)c1. The van der Waals surface area contributed by atoms with E-state index in [1.165, 1.54) is 18.2 Å². The van der Waals surface area contributed by atoms with Crippen molar-refractivity contribution in [3.8, 4) is 0 Å². The van der Waals surface area contributed by atoms with Gasteiger partial charge in [0.25, 0.3) is 5.91 Å². The Morgan fingerprint density at radius 3 is 2.48 bits per heavy atom. The smallest absolute Gasteiger partial charge is 0.321 e. The number of anilines is 1. The van der Waals surface area contributed by atoms with Gasteiger partial charge < -0.3 is 5.32 Å². The fourth-order valence-electron chi connectivity index (χ4n) is 1.84. The van der Waals surface area contributed by atoms with Crippen LogP contribution in [0.3, 0.4) is 0 Å². The van der Waals surface area contributed by atoms with Gasteiger partial charge in [-0.25, -0.2) is 0 Å². The Hall–Kier alpha value is -1.73. The van der Waals surface area contributed by atoms with Crippen molar-refractivity contribution >= 4 is 37.7 Å². The van der Waals surface area contributed by atoms with E-state index in [-0.39, 0.29) is 5.69 Å². The van der Waals surface area contributed by atoms with E-state index in [0.717, 1.165) is 16.1 Å². The van der Waals surface area contributed by atoms with Gasteiger partial charge in [-0.2, -0.15) is 8.42 Å². The summed E-state index contributed by atoms with van der Waals surface area (Å²) in [6.45, 7) is 1.82. The van der Waals surface area contributed by atoms with Crippen LogP contribution in [0.15, 0.2) is 51.8 Å². The number of para-hydroxylation sites is 1. The van der Waals surface area contributed by atoms with Crippen LogP contribution in [0.4, 0.5) is 9.57 Å². The zero-order valence-corrected chi connectivity index (χ0v) is 13.3. The quantitative estimate of drug-likeness (QED) is 0.837. The number of hydrogen-bond donors (Lipinski definition) is 1. The van der Waals surface area contributed by atoms with Crippen molar-refractivity contribution in [1.29, 1.82) is 0 Å². The fourth-order valence-corrected chi connectivity index (χ4v) is 3.08. The number of carbonyl (C=O) groups excluding carboxylic acids is 1. The van der Waals surface area contributed by atoms with Crippen molar-refractivity contribution < 1.29 is 17.1 Å². The molecule has 0 heterocycles. The number of benzene rings is 2. The van der Waals surface area contributed by atoms with Gasteiger partial charge in [-0.05, 0) is 42.8 Å². The Morgan fingerprint density at radius 1 is 1.19 bits per heavy atom. The maximum Gasteiger partial charge on any atom is 0.334 e. The van der Waals surface area contributed by atoms with Crippen LogP contribution in [0.25, 0.3) is 0 Å². The van der Waals surface area contributed by atoms with E-state index in [9.17, 15) is 17.1 Å². The zero-order chi connectivity index (χ0) is 15.6. The van der Waals surface area contributed by atoms with Crippen molar-refractivity contribution in [1.82, 2.24) is 0 Å². The van der Waals surface area contributed by atoms with Gasteiger partial charge in [-0.1, -0.05) is 28.1 Å². The topological polar surface area (TPSA) is 63.2 Å². The normalized spacial score (nSPS) is 11.2. The second kappa shape index (κ2) is 5.95. The summed E-state index contributed by atoms with van der Waals surface area (Å²) >= 11 is 3.28. The molecule has 0 aromatic heterocycles. The maximum absolute atomic E-state index is 13.2. The molecule has 21 heavy (non-hydrogen) atoms. The Labute approximate surface area is 130 Å². The number of halogens is 2. The van der Waals surface area contributed by atoms with Crippen LogP contribution in [-0.4, -0.2) is 14.3 Å². The average Bonchev–Trinajstić information content (AvgIpc) is 2.37. The summed E-state index contributed by atoms with van der Waals surface area (Å²) in [4.78, 5) is 11.6. The Bertz CT molecular complexity index is 785. The first-order valence-electron chi connectivity index (χ1n) is 5.89. The van der Waals surface area contributed by atoms with Gasteiger partial charge in [0.15, 0.2) is 0 Å². The molecule has 7 heteroatoms. The lowest BCUT2D eigenvalue weighted by molar-refractivity contribution is 0.102. The summed E-state index contributed by atoms with van der Waals surface area (Å²) in [5, 5.41) is 2.41. The number of rotatable bonds is 3. The molecular formula is C14H11BrFNO3S. The number of aryl methyl sites for hydroxylation is 1. The fraction of sp³-hybridized carbons (Fsp3) is 0.0714. The third-order valence-electron chi connectivity index (χ3n) is 2.70. The third kappa shape index (κ3) is 3.89. The van der Waals surface area contributed by atoms with Gasteiger partial charge in [0, 0.05) is 10.0 Å². The largest absolute Gasteiger partial charge is 0.334 e. The molecule has 2 aromatic rings. The minimum atomic E-state index is -4.90. The predicted molar refractivity (Wildman–Crippen MR) is 81.6 cm³/mol. The van der Waals surface area contributed by atoms with Crippen LogP contribution in [-0.2, 0) is 10.2 Å². The first-order valence-corrected chi connectivity index (χ1v) is 8.07. The molecule has 0 spiro atoms. The predicted octanol–water partition coefficient (Wildman–Crippen LogP) is 3.67. The highest BCUT2D eigenvalue weighted by Crippen LogP contribution is 2.24.